The highest BCUT2D eigenvalue weighted by molar-refractivity contribution is 5.94. The fraction of sp³-hybridized carbons (Fsp3) is 0.357. The van der Waals surface area contributed by atoms with Crippen LogP contribution in [0.15, 0.2) is 60.7 Å². The largest absolute Gasteiger partial charge is 0.493 e. The molecule has 0 aromatic heterocycles. The van der Waals surface area contributed by atoms with E-state index < -0.39 is 0 Å². The van der Waals surface area contributed by atoms with Crippen LogP contribution in [0.25, 0.3) is 10.8 Å². The van der Waals surface area contributed by atoms with Gasteiger partial charge in [0.25, 0.3) is 0 Å². The molecule has 1 heterocycles. The number of carbonyl (C=O) groups excluding carboxylic acids is 2. The molecule has 34 heavy (non-hydrogen) atoms. The number of hydrogen-bond donors (Lipinski definition) is 0. The lowest BCUT2D eigenvalue weighted by Crippen LogP contribution is -2.48. The molecule has 1 aliphatic heterocycles. The lowest BCUT2D eigenvalue weighted by molar-refractivity contribution is -0.133. The molecule has 0 spiro atoms. The summed E-state index contributed by atoms with van der Waals surface area (Å²) in [7, 11) is 1.55. The van der Waals surface area contributed by atoms with Crippen molar-refractivity contribution in [1.82, 2.24) is 9.80 Å². The summed E-state index contributed by atoms with van der Waals surface area (Å²) in [5, 5.41) is 2.57. The third-order valence-electron chi connectivity index (χ3n) is 6.36. The number of piperazine rings is 1. The highest BCUT2D eigenvalue weighted by Crippen LogP contribution is 2.28. The molecule has 0 saturated carbocycles. The molecular formula is C28H32N2O4. The van der Waals surface area contributed by atoms with E-state index in [1.54, 1.807) is 25.3 Å². The Balaban J connectivity index is 1.21. The molecule has 6 heteroatoms. The van der Waals surface area contributed by atoms with Gasteiger partial charge in [0.05, 0.1) is 13.7 Å². The Hall–Kier alpha value is -3.38. The highest BCUT2D eigenvalue weighted by atomic mass is 16.5. The molecule has 4 rings (SSSR count). The minimum Gasteiger partial charge on any atom is -0.493 e. The van der Waals surface area contributed by atoms with Crippen molar-refractivity contribution in [2.75, 3.05) is 39.9 Å². The summed E-state index contributed by atoms with van der Waals surface area (Å²) in [6.07, 6.45) is 1.09. The van der Waals surface area contributed by atoms with E-state index in [0.29, 0.717) is 36.5 Å². The topological polar surface area (TPSA) is 59.1 Å². The maximum atomic E-state index is 12.7. The minimum absolute atomic E-state index is 0.0207. The van der Waals surface area contributed by atoms with Gasteiger partial charge in [0.1, 0.15) is 0 Å². The molecule has 0 N–H and O–H groups in total. The zero-order valence-corrected chi connectivity index (χ0v) is 20.0. The minimum atomic E-state index is -0.0207. The van der Waals surface area contributed by atoms with Crippen molar-refractivity contribution in [3.05, 3.63) is 71.8 Å². The monoisotopic (exact) mass is 460 g/mol. The number of rotatable bonds is 9. The van der Waals surface area contributed by atoms with Crippen molar-refractivity contribution < 1.29 is 19.1 Å². The zero-order chi connectivity index (χ0) is 23.9. The van der Waals surface area contributed by atoms with E-state index in [0.717, 1.165) is 32.7 Å². The SMILES string of the molecule is COc1cc(C(C)=O)ccc1OCCCC(=O)N1CCN(Cc2cccc3ccccc23)CC1. The smallest absolute Gasteiger partial charge is 0.222 e. The molecule has 3 aromatic carbocycles. The number of amides is 1. The summed E-state index contributed by atoms with van der Waals surface area (Å²) in [6, 6.07) is 20.1. The van der Waals surface area contributed by atoms with E-state index in [2.05, 4.69) is 47.4 Å². The van der Waals surface area contributed by atoms with Gasteiger partial charge in [-0.1, -0.05) is 42.5 Å². The number of ketones is 1. The third-order valence-corrected chi connectivity index (χ3v) is 6.36. The van der Waals surface area contributed by atoms with Gasteiger partial charge in [-0.05, 0) is 47.9 Å². The van der Waals surface area contributed by atoms with Crippen LogP contribution in [0, 0.1) is 0 Å². The van der Waals surface area contributed by atoms with E-state index in [-0.39, 0.29) is 11.7 Å². The average molecular weight is 461 g/mol. The van der Waals surface area contributed by atoms with Gasteiger partial charge in [0.2, 0.25) is 5.91 Å². The Morgan fingerprint density at radius 3 is 2.44 bits per heavy atom. The van der Waals surface area contributed by atoms with Crippen LogP contribution in [0.2, 0.25) is 0 Å². The number of Topliss-reactive ketones (excluding diaryl/α,β-unsaturated/α-hetero) is 1. The van der Waals surface area contributed by atoms with Gasteiger partial charge in [0.15, 0.2) is 17.3 Å². The molecule has 178 valence electrons. The van der Waals surface area contributed by atoms with Crippen molar-refractivity contribution in [3.63, 3.8) is 0 Å². The van der Waals surface area contributed by atoms with Crippen LogP contribution in [0.5, 0.6) is 11.5 Å². The molecule has 1 fully saturated rings. The van der Waals surface area contributed by atoms with Crippen LogP contribution in [-0.4, -0.2) is 61.4 Å². The number of hydrogen-bond acceptors (Lipinski definition) is 5. The molecular weight excluding hydrogens is 428 g/mol. The van der Waals surface area contributed by atoms with E-state index in [1.165, 1.54) is 23.3 Å². The molecule has 0 atom stereocenters. The van der Waals surface area contributed by atoms with E-state index >= 15 is 0 Å². The fourth-order valence-corrected chi connectivity index (χ4v) is 4.40. The van der Waals surface area contributed by atoms with E-state index in [1.807, 2.05) is 4.90 Å². The molecule has 6 nitrogen and oxygen atoms in total. The maximum absolute atomic E-state index is 12.7. The Kier molecular flexibility index (Phi) is 7.80. The quantitative estimate of drug-likeness (QED) is 0.346. The normalized spacial score (nSPS) is 14.2. The predicted molar refractivity (Wildman–Crippen MR) is 134 cm³/mol. The number of fused-ring (bicyclic) bond motifs is 1. The average Bonchev–Trinajstić information content (AvgIpc) is 2.87. The summed E-state index contributed by atoms with van der Waals surface area (Å²) in [5.41, 5.74) is 1.92. The van der Waals surface area contributed by atoms with Gasteiger partial charge >= 0.3 is 0 Å². The first-order valence-corrected chi connectivity index (χ1v) is 11.8. The van der Waals surface area contributed by atoms with Crippen molar-refractivity contribution >= 4 is 22.5 Å². The molecule has 0 radical (unpaired) electrons. The first kappa shape index (κ1) is 23.8. The summed E-state index contributed by atoms with van der Waals surface area (Å²) in [5.74, 6) is 1.27. The third kappa shape index (κ3) is 5.75. The molecule has 0 aliphatic carbocycles. The Labute approximate surface area is 201 Å². The molecule has 1 saturated heterocycles. The van der Waals surface area contributed by atoms with Crippen molar-refractivity contribution in [1.29, 1.82) is 0 Å². The standard InChI is InChI=1S/C28H32N2O4/c1-21(31)23-12-13-26(27(19-23)33-2)34-18-6-11-28(32)30-16-14-29(15-17-30)20-24-9-5-8-22-7-3-4-10-25(22)24/h3-5,7-10,12-13,19H,6,11,14-18,20H2,1-2H3. The molecule has 0 unspecified atom stereocenters. The Bertz CT molecular complexity index is 1150. The summed E-state index contributed by atoms with van der Waals surface area (Å²) >= 11 is 0. The second kappa shape index (κ2) is 11.2. The number of methoxy groups -OCH3 is 1. The first-order valence-electron chi connectivity index (χ1n) is 11.8. The maximum Gasteiger partial charge on any atom is 0.222 e. The van der Waals surface area contributed by atoms with Gasteiger partial charge in [-0.3, -0.25) is 14.5 Å². The second-order valence-electron chi connectivity index (χ2n) is 8.67. The summed E-state index contributed by atoms with van der Waals surface area (Å²) in [4.78, 5) is 28.6. The van der Waals surface area contributed by atoms with E-state index in [9.17, 15) is 9.59 Å². The van der Waals surface area contributed by atoms with Gasteiger partial charge < -0.3 is 14.4 Å². The van der Waals surface area contributed by atoms with Crippen molar-refractivity contribution in [2.45, 2.75) is 26.3 Å². The number of nitrogens with zero attached hydrogens (tertiary/aromatic N) is 2. The predicted octanol–water partition coefficient (Wildman–Crippen LogP) is 4.55. The lowest BCUT2D eigenvalue weighted by Gasteiger charge is -2.35. The second-order valence-corrected chi connectivity index (χ2v) is 8.67. The Morgan fingerprint density at radius 2 is 1.68 bits per heavy atom. The van der Waals surface area contributed by atoms with E-state index in [4.69, 9.17) is 9.47 Å². The Morgan fingerprint density at radius 1 is 0.912 bits per heavy atom. The van der Waals surface area contributed by atoms with Gasteiger partial charge in [-0.15, -0.1) is 0 Å². The van der Waals surface area contributed by atoms with Crippen LogP contribution in [0.1, 0.15) is 35.7 Å². The van der Waals surface area contributed by atoms with Crippen molar-refractivity contribution in [2.24, 2.45) is 0 Å². The molecule has 3 aromatic rings. The number of carbonyl (C=O) groups is 2. The molecule has 1 amide bonds. The first-order chi connectivity index (χ1) is 16.5. The van der Waals surface area contributed by atoms with Crippen LogP contribution in [0.3, 0.4) is 0 Å². The molecule has 0 bridgehead atoms. The van der Waals surface area contributed by atoms with Crippen molar-refractivity contribution in [3.8, 4) is 11.5 Å². The van der Waals surface area contributed by atoms with Gasteiger partial charge in [0, 0.05) is 44.7 Å². The lowest BCUT2D eigenvalue weighted by atomic mass is 10.0. The van der Waals surface area contributed by atoms with Gasteiger partial charge in [-0.2, -0.15) is 0 Å². The molecule has 1 aliphatic rings. The van der Waals surface area contributed by atoms with Crippen LogP contribution in [0.4, 0.5) is 0 Å². The fourth-order valence-electron chi connectivity index (χ4n) is 4.40. The highest BCUT2D eigenvalue weighted by Gasteiger charge is 2.21. The van der Waals surface area contributed by atoms with Crippen LogP contribution >= 0.6 is 0 Å². The van der Waals surface area contributed by atoms with Crippen LogP contribution in [-0.2, 0) is 11.3 Å². The number of benzene rings is 3. The number of ether oxygens (including phenoxy) is 2. The zero-order valence-electron chi connectivity index (χ0n) is 20.0. The van der Waals surface area contributed by atoms with Crippen LogP contribution < -0.4 is 9.47 Å². The summed E-state index contributed by atoms with van der Waals surface area (Å²) < 4.78 is 11.1. The summed E-state index contributed by atoms with van der Waals surface area (Å²) in [6.45, 7) is 6.11. The van der Waals surface area contributed by atoms with Gasteiger partial charge in [-0.25, -0.2) is 0 Å².